The lowest BCUT2D eigenvalue weighted by Gasteiger charge is -1.99. The van der Waals surface area contributed by atoms with E-state index in [9.17, 15) is 4.79 Å². The van der Waals surface area contributed by atoms with Crippen molar-refractivity contribution in [1.29, 1.82) is 0 Å². The van der Waals surface area contributed by atoms with Crippen LogP contribution in [-0.4, -0.2) is 12.9 Å². The van der Waals surface area contributed by atoms with E-state index < -0.39 is 0 Å². The van der Waals surface area contributed by atoms with Gasteiger partial charge in [0.2, 0.25) is 0 Å². The molecule has 2 nitrogen and oxygen atoms in total. The molecule has 1 aromatic carbocycles. The number of methoxy groups -OCH3 is 1. The van der Waals surface area contributed by atoms with Crippen LogP contribution < -0.4 is 4.74 Å². The molecule has 0 spiro atoms. The first-order valence-corrected chi connectivity index (χ1v) is 5.29. The van der Waals surface area contributed by atoms with E-state index >= 15 is 0 Å². The molecule has 0 saturated carbocycles. The molecule has 0 aromatic heterocycles. The Balaban J connectivity index is 2.66. The van der Waals surface area contributed by atoms with Crippen LogP contribution in [0.15, 0.2) is 48.6 Å². The summed E-state index contributed by atoms with van der Waals surface area (Å²) in [6.07, 6.45) is 8.17. The second-order valence-corrected chi connectivity index (χ2v) is 3.29. The number of hydrogen-bond donors (Lipinski definition) is 0. The van der Waals surface area contributed by atoms with Gasteiger partial charge in [0.15, 0.2) is 5.78 Å². The maximum Gasteiger partial charge on any atom is 0.185 e. The SMILES string of the molecule is CC/C=C/C=C/C(=O)c1ccc(OC)cc1. The summed E-state index contributed by atoms with van der Waals surface area (Å²) in [5.74, 6) is 0.759. The van der Waals surface area contributed by atoms with Crippen molar-refractivity contribution in [3.63, 3.8) is 0 Å². The molecule has 0 fully saturated rings. The van der Waals surface area contributed by atoms with Crippen LogP contribution in [-0.2, 0) is 0 Å². The van der Waals surface area contributed by atoms with E-state index in [1.54, 1.807) is 43.5 Å². The van der Waals surface area contributed by atoms with Gasteiger partial charge in [0.05, 0.1) is 7.11 Å². The molecule has 0 aliphatic rings. The number of carbonyl (C=O) groups excluding carboxylic acids is 1. The maximum atomic E-state index is 11.6. The van der Waals surface area contributed by atoms with Gasteiger partial charge in [-0.1, -0.05) is 25.2 Å². The zero-order valence-corrected chi connectivity index (χ0v) is 9.64. The van der Waals surface area contributed by atoms with Gasteiger partial charge in [-0.15, -0.1) is 0 Å². The molecule has 2 heteroatoms. The molecule has 16 heavy (non-hydrogen) atoms. The first-order valence-electron chi connectivity index (χ1n) is 5.29. The highest BCUT2D eigenvalue weighted by Crippen LogP contribution is 2.11. The molecule has 0 atom stereocenters. The summed E-state index contributed by atoms with van der Waals surface area (Å²) < 4.78 is 5.02. The van der Waals surface area contributed by atoms with Crippen LogP contribution in [0.3, 0.4) is 0 Å². The predicted molar refractivity (Wildman–Crippen MR) is 65.9 cm³/mol. The summed E-state index contributed by atoms with van der Waals surface area (Å²) in [7, 11) is 1.60. The Labute approximate surface area is 96.2 Å². The monoisotopic (exact) mass is 216 g/mol. The highest BCUT2D eigenvalue weighted by atomic mass is 16.5. The lowest BCUT2D eigenvalue weighted by Crippen LogP contribution is -1.93. The molecule has 1 rings (SSSR count). The number of ether oxygens (including phenoxy) is 1. The third-order valence-electron chi connectivity index (χ3n) is 2.11. The smallest absolute Gasteiger partial charge is 0.185 e. The fourth-order valence-electron chi connectivity index (χ4n) is 1.21. The average molecular weight is 216 g/mol. The summed E-state index contributed by atoms with van der Waals surface area (Å²) in [6.45, 7) is 2.05. The molecular formula is C14H16O2. The predicted octanol–water partition coefficient (Wildman–Crippen LogP) is 3.40. The summed E-state index contributed by atoms with van der Waals surface area (Å²) in [5, 5.41) is 0. The van der Waals surface area contributed by atoms with Gasteiger partial charge >= 0.3 is 0 Å². The Kier molecular flexibility index (Phi) is 5.06. The highest BCUT2D eigenvalue weighted by molar-refractivity contribution is 6.04. The molecule has 0 heterocycles. The van der Waals surface area contributed by atoms with Crippen LogP contribution in [0, 0.1) is 0 Å². The fraction of sp³-hybridized carbons (Fsp3) is 0.214. The van der Waals surface area contributed by atoms with Gasteiger partial charge in [-0.2, -0.15) is 0 Å². The van der Waals surface area contributed by atoms with Crippen molar-refractivity contribution in [3.05, 3.63) is 54.1 Å². The third kappa shape index (κ3) is 3.73. The van der Waals surface area contributed by atoms with E-state index in [1.807, 2.05) is 12.2 Å². The van der Waals surface area contributed by atoms with Gasteiger partial charge in [-0.3, -0.25) is 4.79 Å². The summed E-state index contributed by atoms with van der Waals surface area (Å²) in [5.41, 5.74) is 0.668. The minimum Gasteiger partial charge on any atom is -0.497 e. The van der Waals surface area contributed by atoms with Crippen LogP contribution in [0.5, 0.6) is 5.75 Å². The Morgan fingerprint density at radius 1 is 1.25 bits per heavy atom. The van der Waals surface area contributed by atoms with Gasteiger partial charge in [-0.05, 0) is 36.8 Å². The van der Waals surface area contributed by atoms with Crippen molar-refractivity contribution >= 4 is 5.78 Å². The van der Waals surface area contributed by atoms with Gasteiger partial charge in [-0.25, -0.2) is 0 Å². The molecule has 1 aromatic rings. The fourth-order valence-corrected chi connectivity index (χ4v) is 1.21. The second kappa shape index (κ2) is 6.62. The molecule has 0 bridgehead atoms. The third-order valence-corrected chi connectivity index (χ3v) is 2.11. The highest BCUT2D eigenvalue weighted by Gasteiger charge is 2.00. The molecule has 0 aliphatic carbocycles. The zero-order chi connectivity index (χ0) is 11.8. The minimum atomic E-state index is 0.00315. The number of benzene rings is 1. The summed E-state index contributed by atoms with van der Waals surface area (Å²) >= 11 is 0. The molecule has 0 aliphatic heterocycles. The Morgan fingerprint density at radius 3 is 2.50 bits per heavy atom. The molecule has 0 saturated heterocycles. The lowest BCUT2D eigenvalue weighted by atomic mass is 10.1. The van der Waals surface area contributed by atoms with Crippen LogP contribution in [0.25, 0.3) is 0 Å². The van der Waals surface area contributed by atoms with Crippen molar-refractivity contribution in [2.45, 2.75) is 13.3 Å². The topological polar surface area (TPSA) is 26.3 Å². The Hall–Kier alpha value is -1.83. The molecular weight excluding hydrogens is 200 g/mol. The molecule has 0 radical (unpaired) electrons. The van der Waals surface area contributed by atoms with Gasteiger partial charge in [0.1, 0.15) is 5.75 Å². The second-order valence-electron chi connectivity index (χ2n) is 3.29. The van der Waals surface area contributed by atoms with E-state index in [1.165, 1.54) is 0 Å². The first kappa shape index (κ1) is 12.2. The van der Waals surface area contributed by atoms with Crippen LogP contribution in [0.2, 0.25) is 0 Å². The van der Waals surface area contributed by atoms with Crippen molar-refractivity contribution < 1.29 is 9.53 Å². The van der Waals surface area contributed by atoms with Gasteiger partial charge < -0.3 is 4.74 Å². The van der Waals surface area contributed by atoms with Gasteiger partial charge in [0, 0.05) is 5.56 Å². The number of ketones is 1. The van der Waals surface area contributed by atoms with Crippen LogP contribution >= 0.6 is 0 Å². The van der Waals surface area contributed by atoms with Crippen LogP contribution in [0.1, 0.15) is 23.7 Å². The normalized spacial score (nSPS) is 11.1. The average Bonchev–Trinajstić information content (AvgIpc) is 2.34. The van der Waals surface area contributed by atoms with Crippen molar-refractivity contribution in [2.24, 2.45) is 0 Å². The lowest BCUT2D eigenvalue weighted by molar-refractivity contribution is 0.104. The van der Waals surface area contributed by atoms with E-state index in [-0.39, 0.29) is 5.78 Å². The van der Waals surface area contributed by atoms with E-state index in [0.29, 0.717) is 5.56 Å². The zero-order valence-electron chi connectivity index (χ0n) is 9.64. The number of hydrogen-bond acceptors (Lipinski definition) is 2. The number of rotatable bonds is 5. The van der Waals surface area contributed by atoms with Crippen LogP contribution in [0.4, 0.5) is 0 Å². The molecule has 0 unspecified atom stereocenters. The standard InChI is InChI=1S/C14H16O2/c1-3-4-5-6-7-14(15)12-8-10-13(16-2)11-9-12/h4-11H,3H2,1-2H3/b5-4+,7-6+. The quantitative estimate of drug-likeness (QED) is 0.428. The minimum absolute atomic E-state index is 0.00315. The Morgan fingerprint density at radius 2 is 1.94 bits per heavy atom. The van der Waals surface area contributed by atoms with E-state index in [0.717, 1.165) is 12.2 Å². The Bertz CT molecular complexity index is 386. The van der Waals surface area contributed by atoms with Crippen molar-refractivity contribution in [3.8, 4) is 5.75 Å². The summed E-state index contributed by atoms with van der Waals surface area (Å²) in [4.78, 5) is 11.6. The number of carbonyl (C=O) groups is 1. The first-order chi connectivity index (χ1) is 7.77. The van der Waals surface area contributed by atoms with E-state index in [2.05, 4.69) is 6.92 Å². The number of allylic oxidation sites excluding steroid dienone is 4. The molecule has 84 valence electrons. The largest absolute Gasteiger partial charge is 0.497 e. The molecule has 0 amide bonds. The van der Waals surface area contributed by atoms with Crippen molar-refractivity contribution in [1.82, 2.24) is 0 Å². The maximum absolute atomic E-state index is 11.6. The molecule has 0 N–H and O–H groups in total. The summed E-state index contributed by atoms with van der Waals surface area (Å²) in [6, 6.07) is 7.08. The van der Waals surface area contributed by atoms with Crippen molar-refractivity contribution in [2.75, 3.05) is 7.11 Å². The van der Waals surface area contributed by atoms with E-state index in [4.69, 9.17) is 4.74 Å². The van der Waals surface area contributed by atoms with Gasteiger partial charge in [0.25, 0.3) is 0 Å².